The summed E-state index contributed by atoms with van der Waals surface area (Å²) in [5.74, 6) is 2.34. The predicted octanol–water partition coefficient (Wildman–Crippen LogP) is 10.2. The standard InChI is InChI=1S/C36H51NO3/c1-3-5-7-8-9-10-12-26-39-34-23-21-32(22-24-34)36(38)40-35-25-20-31(27-33(35)28-37)19-18-30-16-14-29(15-17-30)13-11-6-4-2/h20-25,27,29-30H,3-19,26H2,1-2H3/t29-,30-. The van der Waals surface area contributed by atoms with E-state index >= 15 is 0 Å². The van der Waals surface area contributed by atoms with Crippen LogP contribution in [0, 0.1) is 23.2 Å². The molecule has 0 aromatic heterocycles. The summed E-state index contributed by atoms with van der Waals surface area (Å²) >= 11 is 0. The molecule has 0 aliphatic heterocycles. The number of aryl methyl sites for hydroxylation is 1. The zero-order valence-corrected chi connectivity index (χ0v) is 25.1. The van der Waals surface area contributed by atoms with E-state index in [1.165, 1.54) is 96.3 Å². The zero-order chi connectivity index (χ0) is 28.4. The van der Waals surface area contributed by atoms with Gasteiger partial charge in [0.15, 0.2) is 0 Å². The van der Waals surface area contributed by atoms with Crippen molar-refractivity contribution >= 4 is 5.97 Å². The van der Waals surface area contributed by atoms with E-state index in [0.29, 0.717) is 23.5 Å². The Morgan fingerprint density at radius 3 is 2.10 bits per heavy atom. The van der Waals surface area contributed by atoms with Gasteiger partial charge in [-0.05, 0) is 73.1 Å². The molecule has 1 aliphatic carbocycles. The highest BCUT2D eigenvalue weighted by molar-refractivity contribution is 5.91. The fourth-order valence-electron chi connectivity index (χ4n) is 5.87. The van der Waals surface area contributed by atoms with Gasteiger partial charge in [-0.25, -0.2) is 4.79 Å². The quantitative estimate of drug-likeness (QED) is 0.106. The average Bonchev–Trinajstić information content (AvgIpc) is 2.99. The van der Waals surface area contributed by atoms with E-state index in [4.69, 9.17) is 9.47 Å². The van der Waals surface area contributed by atoms with Crippen LogP contribution in [0.4, 0.5) is 0 Å². The average molecular weight is 546 g/mol. The molecule has 0 atom stereocenters. The van der Waals surface area contributed by atoms with E-state index < -0.39 is 5.97 Å². The Morgan fingerprint density at radius 2 is 1.43 bits per heavy atom. The number of esters is 1. The third-order valence-corrected chi connectivity index (χ3v) is 8.50. The first-order valence-corrected chi connectivity index (χ1v) is 16.1. The second-order valence-electron chi connectivity index (χ2n) is 11.7. The van der Waals surface area contributed by atoms with Crippen LogP contribution in [0.15, 0.2) is 42.5 Å². The van der Waals surface area contributed by atoms with E-state index in [0.717, 1.165) is 36.0 Å². The van der Waals surface area contributed by atoms with E-state index in [2.05, 4.69) is 19.9 Å². The maximum absolute atomic E-state index is 12.8. The van der Waals surface area contributed by atoms with Crippen molar-refractivity contribution in [2.24, 2.45) is 11.8 Å². The molecule has 0 heterocycles. The fourth-order valence-corrected chi connectivity index (χ4v) is 5.87. The van der Waals surface area contributed by atoms with Gasteiger partial charge in [-0.2, -0.15) is 5.26 Å². The molecule has 0 amide bonds. The van der Waals surface area contributed by atoms with Crippen LogP contribution in [0.25, 0.3) is 0 Å². The number of carbonyl (C=O) groups is 1. The van der Waals surface area contributed by atoms with Crippen molar-refractivity contribution in [3.63, 3.8) is 0 Å². The van der Waals surface area contributed by atoms with Gasteiger partial charge in [0.2, 0.25) is 0 Å². The molecular formula is C36H51NO3. The third kappa shape index (κ3) is 11.4. The summed E-state index contributed by atoms with van der Waals surface area (Å²) in [5.41, 5.74) is 2.01. The minimum Gasteiger partial charge on any atom is -0.494 e. The van der Waals surface area contributed by atoms with Crippen LogP contribution in [-0.4, -0.2) is 12.6 Å². The van der Waals surface area contributed by atoms with Gasteiger partial charge in [-0.15, -0.1) is 0 Å². The highest BCUT2D eigenvalue weighted by Crippen LogP contribution is 2.34. The molecule has 3 rings (SSSR count). The summed E-state index contributed by atoms with van der Waals surface area (Å²) in [6.45, 7) is 5.20. The Bertz CT molecular complexity index is 1030. The van der Waals surface area contributed by atoms with Crippen molar-refractivity contribution in [2.45, 2.75) is 123 Å². The lowest BCUT2D eigenvalue weighted by Gasteiger charge is -2.28. The number of benzene rings is 2. The molecule has 2 aromatic rings. The molecular weight excluding hydrogens is 494 g/mol. The Labute approximate surface area is 243 Å². The molecule has 0 N–H and O–H groups in total. The summed E-state index contributed by atoms with van der Waals surface area (Å²) in [6.07, 6.45) is 21.8. The number of rotatable bonds is 18. The highest BCUT2D eigenvalue weighted by Gasteiger charge is 2.21. The van der Waals surface area contributed by atoms with Crippen LogP contribution in [-0.2, 0) is 6.42 Å². The number of nitrogens with zero attached hydrogens (tertiary/aromatic N) is 1. The topological polar surface area (TPSA) is 59.3 Å². The van der Waals surface area contributed by atoms with Gasteiger partial charge in [-0.1, -0.05) is 110 Å². The van der Waals surface area contributed by atoms with Crippen LogP contribution in [0.3, 0.4) is 0 Å². The van der Waals surface area contributed by atoms with Crippen molar-refractivity contribution in [1.29, 1.82) is 5.26 Å². The molecule has 0 bridgehead atoms. The minimum absolute atomic E-state index is 0.322. The van der Waals surface area contributed by atoms with Gasteiger partial charge in [0.25, 0.3) is 0 Å². The van der Waals surface area contributed by atoms with E-state index in [-0.39, 0.29) is 0 Å². The smallest absolute Gasteiger partial charge is 0.343 e. The van der Waals surface area contributed by atoms with Crippen LogP contribution < -0.4 is 9.47 Å². The molecule has 0 saturated heterocycles. The van der Waals surface area contributed by atoms with Crippen LogP contribution >= 0.6 is 0 Å². The molecule has 40 heavy (non-hydrogen) atoms. The molecule has 4 heteroatoms. The summed E-state index contributed by atoms with van der Waals surface area (Å²) in [6, 6.07) is 15.0. The fraction of sp³-hybridized carbons (Fsp3) is 0.611. The summed E-state index contributed by atoms with van der Waals surface area (Å²) in [4.78, 5) is 12.8. The second kappa shape index (κ2) is 18.5. The number of ether oxygens (including phenoxy) is 2. The molecule has 2 aromatic carbocycles. The van der Waals surface area contributed by atoms with E-state index in [9.17, 15) is 10.1 Å². The van der Waals surface area contributed by atoms with Gasteiger partial charge in [0.1, 0.15) is 17.6 Å². The summed E-state index contributed by atoms with van der Waals surface area (Å²) in [5, 5.41) is 9.71. The lowest BCUT2D eigenvalue weighted by Crippen LogP contribution is -2.15. The Morgan fingerprint density at radius 1 is 0.800 bits per heavy atom. The van der Waals surface area contributed by atoms with Crippen molar-refractivity contribution in [3.05, 3.63) is 59.2 Å². The van der Waals surface area contributed by atoms with Crippen LogP contribution in [0.1, 0.15) is 138 Å². The van der Waals surface area contributed by atoms with Crippen molar-refractivity contribution < 1.29 is 14.3 Å². The van der Waals surface area contributed by atoms with E-state index in [1.807, 2.05) is 24.3 Å². The largest absolute Gasteiger partial charge is 0.494 e. The van der Waals surface area contributed by atoms with E-state index in [1.54, 1.807) is 18.2 Å². The maximum Gasteiger partial charge on any atom is 0.343 e. The van der Waals surface area contributed by atoms with Gasteiger partial charge in [-0.3, -0.25) is 0 Å². The van der Waals surface area contributed by atoms with Crippen LogP contribution in [0.5, 0.6) is 11.5 Å². The normalized spacial score (nSPS) is 16.8. The van der Waals surface area contributed by atoms with Crippen molar-refractivity contribution in [1.82, 2.24) is 0 Å². The summed E-state index contributed by atoms with van der Waals surface area (Å²) < 4.78 is 11.4. The van der Waals surface area contributed by atoms with Crippen molar-refractivity contribution in [2.75, 3.05) is 6.61 Å². The monoisotopic (exact) mass is 545 g/mol. The lowest BCUT2D eigenvalue weighted by molar-refractivity contribution is 0.0734. The first-order chi connectivity index (χ1) is 19.6. The van der Waals surface area contributed by atoms with Gasteiger partial charge >= 0.3 is 5.97 Å². The van der Waals surface area contributed by atoms with Gasteiger partial charge in [0, 0.05) is 0 Å². The summed E-state index contributed by atoms with van der Waals surface area (Å²) in [7, 11) is 0. The van der Waals surface area contributed by atoms with Gasteiger partial charge in [0.05, 0.1) is 17.7 Å². The molecule has 218 valence electrons. The SMILES string of the molecule is CCCCCCCCCOc1ccc(C(=O)Oc2ccc(CC[C@H]3CC[C@H](CCCCC)CC3)cc2C#N)cc1. The first kappa shape index (κ1) is 31.7. The first-order valence-electron chi connectivity index (χ1n) is 16.1. The minimum atomic E-state index is -0.460. The predicted molar refractivity (Wildman–Crippen MR) is 164 cm³/mol. The van der Waals surface area contributed by atoms with Crippen LogP contribution in [0.2, 0.25) is 0 Å². The second-order valence-corrected chi connectivity index (χ2v) is 11.7. The number of hydrogen-bond donors (Lipinski definition) is 0. The molecule has 1 aliphatic rings. The Kier molecular flexibility index (Phi) is 14.7. The Balaban J connectivity index is 1.40. The van der Waals surface area contributed by atoms with Crippen molar-refractivity contribution in [3.8, 4) is 17.6 Å². The number of nitriles is 1. The molecule has 0 radical (unpaired) electrons. The number of carbonyl (C=O) groups excluding carboxylic acids is 1. The molecule has 0 unspecified atom stereocenters. The Hall–Kier alpha value is -2.80. The highest BCUT2D eigenvalue weighted by atomic mass is 16.5. The molecule has 1 saturated carbocycles. The lowest BCUT2D eigenvalue weighted by atomic mass is 9.78. The number of hydrogen-bond acceptors (Lipinski definition) is 4. The van der Waals surface area contributed by atoms with Gasteiger partial charge < -0.3 is 9.47 Å². The maximum atomic E-state index is 12.8. The molecule has 0 spiro atoms. The molecule has 1 fully saturated rings. The zero-order valence-electron chi connectivity index (χ0n) is 25.1. The number of unbranched alkanes of at least 4 members (excludes halogenated alkanes) is 8. The molecule has 4 nitrogen and oxygen atoms in total. The third-order valence-electron chi connectivity index (χ3n) is 8.50.